The molecule has 100 valence electrons. The highest BCUT2D eigenvalue weighted by Crippen LogP contribution is 2.27. The van der Waals surface area contributed by atoms with Crippen molar-refractivity contribution in [2.24, 2.45) is 0 Å². The molecule has 1 aromatic heterocycles. The number of ether oxygens (including phenoxy) is 2. The minimum Gasteiger partial charge on any atom is -0.376 e. The van der Waals surface area contributed by atoms with Crippen LogP contribution >= 0.6 is 0 Å². The molecule has 4 heteroatoms. The molecule has 0 aliphatic carbocycles. The van der Waals surface area contributed by atoms with Gasteiger partial charge < -0.3 is 14.8 Å². The van der Waals surface area contributed by atoms with Gasteiger partial charge in [-0.3, -0.25) is 4.98 Å². The van der Waals surface area contributed by atoms with Crippen molar-refractivity contribution in [2.75, 3.05) is 26.9 Å². The zero-order valence-corrected chi connectivity index (χ0v) is 11.0. The quantitative estimate of drug-likeness (QED) is 0.913. The van der Waals surface area contributed by atoms with Crippen molar-refractivity contribution in [2.45, 2.75) is 12.1 Å². The number of rotatable bonds is 3. The second-order valence-electron chi connectivity index (χ2n) is 4.69. The number of nitrogens with one attached hydrogen (secondary N) is 1. The fourth-order valence-electron chi connectivity index (χ4n) is 2.66. The van der Waals surface area contributed by atoms with Gasteiger partial charge in [-0.1, -0.05) is 18.2 Å². The first kappa shape index (κ1) is 12.5. The third kappa shape index (κ3) is 2.47. The van der Waals surface area contributed by atoms with E-state index in [0.717, 1.165) is 5.39 Å². The topological polar surface area (TPSA) is 43.4 Å². The van der Waals surface area contributed by atoms with Crippen LogP contribution in [0.5, 0.6) is 0 Å². The molecule has 0 saturated carbocycles. The van der Waals surface area contributed by atoms with E-state index in [4.69, 9.17) is 9.47 Å². The van der Waals surface area contributed by atoms with Crippen molar-refractivity contribution in [3.05, 3.63) is 42.2 Å². The van der Waals surface area contributed by atoms with Crippen LogP contribution in [0.2, 0.25) is 0 Å². The van der Waals surface area contributed by atoms with Crippen molar-refractivity contribution in [3.8, 4) is 0 Å². The molecular formula is C15H18N2O2. The van der Waals surface area contributed by atoms with Gasteiger partial charge in [0.25, 0.3) is 0 Å². The number of likely N-dealkylation sites (N-methyl/N-ethyl adjacent to an activating group) is 1. The van der Waals surface area contributed by atoms with Gasteiger partial charge in [-0.25, -0.2) is 0 Å². The molecule has 0 spiro atoms. The largest absolute Gasteiger partial charge is 0.376 e. The van der Waals surface area contributed by atoms with Crippen LogP contribution in [0.3, 0.4) is 0 Å². The Morgan fingerprint density at radius 3 is 3.05 bits per heavy atom. The number of nitrogens with zero attached hydrogens (tertiary/aromatic N) is 1. The fourth-order valence-corrected chi connectivity index (χ4v) is 2.66. The minimum absolute atomic E-state index is 0.0533. The second-order valence-corrected chi connectivity index (χ2v) is 4.69. The lowest BCUT2D eigenvalue weighted by atomic mass is 9.96. The SMILES string of the molecule is CNC(c1cccc2cnccc12)C1COCCO1. The summed E-state index contributed by atoms with van der Waals surface area (Å²) < 4.78 is 11.4. The maximum Gasteiger partial charge on any atom is 0.100 e. The summed E-state index contributed by atoms with van der Waals surface area (Å²) in [6, 6.07) is 8.47. The highest BCUT2D eigenvalue weighted by molar-refractivity contribution is 5.85. The number of pyridine rings is 1. The Hall–Kier alpha value is -1.49. The number of hydrogen-bond donors (Lipinski definition) is 1. The molecule has 1 fully saturated rings. The van der Waals surface area contributed by atoms with Gasteiger partial charge in [0.15, 0.2) is 0 Å². The summed E-state index contributed by atoms with van der Waals surface area (Å²) in [6.45, 7) is 1.98. The van der Waals surface area contributed by atoms with E-state index in [1.54, 1.807) is 0 Å². The van der Waals surface area contributed by atoms with Crippen molar-refractivity contribution >= 4 is 10.8 Å². The molecule has 1 aliphatic heterocycles. The zero-order chi connectivity index (χ0) is 13.1. The Labute approximate surface area is 112 Å². The van der Waals surface area contributed by atoms with Crippen LogP contribution in [0, 0.1) is 0 Å². The molecule has 2 atom stereocenters. The predicted octanol–water partition coefficient (Wildman–Crippen LogP) is 1.91. The lowest BCUT2D eigenvalue weighted by molar-refractivity contribution is -0.101. The van der Waals surface area contributed by atoms with Crippen molar-refractivity contribution < 1.29 is 9.47 Å². The molecule has 1 aromatic carbocycles. The third-order valence-electron chi connectivity index (χ3n) is 3.57. The Balaban J connectivity index is 2.00. The molecule has 19 heavy (non-hydrogen) atoms. The summed E-state index contributed by atoms with van der Waals surface area (Å²) in [6.07, 6.45) is 3.78. The summed E-state index contributed by atoms with van der Waals surface area (Å²) in [5.41, 5.74) is 1.23. The van der Waals surface area contributed by atoms with E-state index in [1.807, 2.05) is 19.4 Å². The van der Waals surface area contributed by atoms with E-state index in [0.29, 0.717) is 19.8 Å². The predicted molar refractivity (Wildman–Crippen MR) is 74.1 cm³/mol. The molecule has 2 heterocycles. The normalized spacial score (nSPS) is 21.4. The van der Waals surface area contributed by atoms with Gasteiger partial charge in [0.2, 0.25) is 0 Å². The Morgan fingerprint density at radius 2 is 2.26 bits per heavy atom. The van der Waals surface area contributed by atoms with Crippen LogP contribution in [0.25, 0.3) is 10.8 Å². The van der Waals surface area contributed by atoms with Gasteiger partial charge in [-0.2, -0.15) is 0 Å². The van der Waals surface area contributed by atoms with Gasteiger partial charge >= 0.3 is 0 Å². The van der Waals surface area contributed by atoms with Gasteiger partial charge in [-0.15, -0.1) is 0 Å². The molecule has 4 nitrogen and oxygen atoms in total. The summed E-state index contributed by atoms with van der Waals surface area (Å²) in [5, 5.41) is 5.72. The van der Waals surface area contributed by atoms with E-state index in [2.05, 4.69) is 34.6 Å². The van der Waals surface area contributed by atoms with Gasteiger partial charge in [0.1, 0.15) is 6.10 Å². The van der Waals surface area contributed by atoms with Gasteiger partial charge in [0, 0.05) is 17.8 Å². The standard InChI is InChI=1S/C15H18N2O2/c1-16-15(14-10-18-7-8-19-14)13-4-2-3-11-9-17-6-5-12(11)13/h2-6,9,14-16H,7-8,10H2,1H3. The second kappa shape index (κ2) is 5.65. The first-order valence-electron chi connectivity index (χ1n) is 6.59. The summed E-state index contributed by atoms with van der Waals surface area (Å²) in [5.74, 6) is 0. The van der Waals surface area contributed by atoms with Gasteiger partial charge in [-0.05, 0) is 24.1 Å². The van der Waals surface area contributed by atoms with Crippen LogP contribution in [-0.2, 0) is 9.47 Å². The van der Waals surface area contributed by atoms with Crippen LogP contribution < -0.4 is 5.32 Å². The third-order valence-corrected chi connectivity index (χ3v) is 3.57. The first-order valence-corrected chi connectivity index (χ1v) is 6.59. The molecular weight excluding hydrogens is 240 g/mol. The summed E-state index contributed by atoms with van der Waals surface area (Å²) in [4.78, 5) is 4.18. The van der Waals surface area contributed by atoms with Crippen molar-refractivity contribution in [3.63, 3.8) is 0 Å². The van der Waals surface area contributed by atoms with E-state index in [1.165, 1.54) is 10.9 Å². The Morgan fingerprint density at radius 1 is 1.32 bits per heavy atom. The molecule has 0 amide bonds. The zero-order valence-electron chi connectivity index (χ0n) is 11.0. The van der Waals surface area contributed by atoms with Crippen LogP contribution in [0.4, 0.5) is 0 Å². The minimum atomic E-state index is 0.0533. The lowest BCUT2D eigenvalue weighted by Gasteiger charge is -2.31. The summed E-state index contributed by atoms with van der Waals surface area (Å²) in [7, 11) is 1.96. The van der Waals surface area contributed by atoms with E-state index >= 15 is 0 Å². The number of hydrogen-bond acceptors (Lipinski definition) is 4. The number of fused-ring (bicyclic) bond motifs is 1. The van der Waals surface area contributed by atoms with E-state index < -0.39 is 0 Å². The first-order chi connectivity index (χ1) is 9.40. The molecule has 3 rings (SSSR count). The smallest absolute Gasteiger partial charge is 0.100 e. The molecule has 2 aromatic rings. The fraction of sp³-hybridized carbons (Fsp3) is 0.400. The molecule has 1 aliphatic rings. The molecule has 1 saturated heterocycles. The molecule has 1 N–H and O–H groups in total. The van der Waals surface area contributed by atoms with Gasteiger partial charge in [0.05, 0.1) is 25.9 Å². The molecule has 0 radical (unpaired) electrons. The van der Waals surface area contributed by atoms with E-state index in [9.17, 15) is 0 Å². The Kier molecular flexibility index (Phi) is 3.73. The highest BCUT2D eigenvalue weighted by atomic mass is 16.6. The maximum absolute atomic E-state index is 5.83. The monoisotopic (exact) mass is 258 g/mol. The Bertz CT molecular complexity index is 547. The number of benzene rings is 1. The molecule has 2 unspecified atom stereocenters. The van der Waals surface area contributed by atoms with Crippen LogP contribution in [0.15, 0.2) is 36.7 Å². The van der Waals surface area contributed by atoms with E-state index in [-0.39, 0.29) is 12.1 Å². The van der Waals surface area contributed by atoms with Crippen LogP contribution in [-0.4, -0.2) is 38.0 Å². The highest BCUT2D eigenvalue weighted by Gasteiger charge is 2.26. The van der Waals surface area contributed by atoms with Crippen LogP contribution in [0.1, 0.15) is 11.6 Å². The summed E-state index contributed by atoms with van der Waals surface area (Å²) >= 11 is 0. The van der Waals surface area contributed by atoms with Crippen molar-refractivity contribution in [1.29, 1.82) is 0 Å². The molecule has 0 bridgehead atoms. The van der Waals surface area contributed by atoms with Crippen molar-refractivity contribution in [1.82, 2.24) is 10.3 Å². The average molecular weight is 258 g/mol. The number of aromatic nitrogens is 1. The maximum atomic E-state index is 5.83. The lowest BCUT2D eigenvalue weighted by Crippen LogP contribution is -2.39. The average Bonchev–Trinajstić information content (AvgIpc) is 2.49.